The lowest BCUT2D eigenvalue weighted by molar-refractivity contribution is -0.119. The van der Waals surface area contributed by atoms with E-state index in [1.165, 1.54) is 10.8 Å². The summed E-state index contributed by atoms with van der Waals surface area (Å²) in [5.41, 5.74) is 0.0727. The van der Waals surface area contributed by atoms with Crippen LogP contribution in [0.1, 0.15) is 12.8 Å². The zero-order valence-electron chi connectivity index (χ0n) is 14.7. The Kier molecular flexibility index (Phi) is 6.34. The molecule has 134 valence electrons. The Balaban J connectivity index is 1.51. The lowest BCUT2D eigenvalue weighted by Crippen LogP contribution is -2.47. The number of piperidine rings is 1. The summed E-state index contributed by atoms with van der Waals surface area (Å²) in [4.78, 5) is 13.4. The molecule has 25 heavy (non-hydrogen) atoms. The number of methoxy groups -OCH3 is 1. The van der Waals surface area contributed by atoms with Crippen LogP contribution in [0, 0.1) is 5.41 Å². The highest BCUT2D eigenvalue weighted by molar-refractivity contribution is 8.00. The van der Waals surface area contributed by atoms with E-state index < -0.39 is 0 Å². The van der Waals surface area contributed by atoms with Gasteiger partial charge in [0.05, 0.1) is 12.4 Å². The number of thioether (sulfide) groups is 1. The molecule has 2 N–H and O–H groups in total. The van der Waals surface area contributed by atoms with E-state index in [-0.39, 0.29) is 11.3 Å². The molecule has 2 aromatic rings. The van der Waals surface area contributed by atoms with Crippen LogP contribution in [0.5, 0.6) is 0 Å². The Labute approximate surface area is 153 Å². The molecule has 0 aromatic heterocycles. The molecule has 0 saturated carbocycles. The predicted molar refractivity (Wildman–Crippen MR) is 104 cm³/mol. The zero-order valence-corrected chi connectivity index (χ0v) is 15.5. The number of hydrogen-bond acceptors (Lipinski definition) is 4. The standard InChI is InChI=1S/C20H26N2O2S/c1-24-15-20(8-10-21-11-9-20)14-22-19(23)13-25-18-7-6-16-4-2-3-5-17(16)12-18/h2-7,12,21H,8-11,13-15H2,1H3,(H,22,23). The van der Waals surface area contributed by atoms with Gasteiger partial charge in [0.25, 0.3) is 0 Å². The average Bonchev–Trinajstić information content (AvgIpc) is 2.65. The minimum Gasteiger partial charge on any atom is -0.384 e. The zero-order chi connectivity index (χ0) is 17.5. The molecule has 0 radical (unpaired) electrons. The van der Waals surface area contributed by atoms with Crippen LogP contribution in [0.4, 0.5) is 0 Å². The molecule has 1 fully saturated rings. The first-order valence-electron chi connectivity index (χ1n) is 8.79. The van der Waals surface area contributed by atoms with Gasteiger partial charge in [0.1, 0.15) is 0 Å². The topological polar surface area (TPSA) is 50.4 Å². The van der Waals surface area contributed by atoms with Gasteiger partial charge in [-0.2, -0.15) is 0 Å². The van der Waals surface area contributed by atoms with E-state index in [1.54, 1.807) is 18.9 Å². The molecule has 1 amide bonds. The van der Waals surface area contributed by atoms with Crippen molar-refractivity contribution in [2.24, 2.45) is 5.41 Å². The van der Waals surface area contributed by atoms with E-state index in [4.69, 9.17) is 4.74 Å². The fourth-order valence-electron chi connectivity index (χ4n) is 3.38. The summed E-state index contributed by atoms with van der Waals surface area (Å²) in [6, 6.07) is 14.6. The van der Waals surface area contributed by atoms with Gasteiger partial charge in [-0.25, -0.2) is 0 Å². The highest BCUT2D eigenvalue weighted by Gasteiger charge is 2.32. The number of ether oxygens (including phenoxy) is 1. The van der Waals surface area contributed by atoms with Crippen molar-refractivity contribution in [1.82, 2.24) is 10.6 Å². The van der Waals surface area contributed by atoms with E-state index in [1.807, 2.05) is 12.1 Å². The van der Waals surface area contributed by atoms with Crippen LogP contribution in [0.15, 0.2) is 47.4 Å². The molecular formula is C20H26N2O2S. The lowest BCUT2D eigenvalue weighted by atomic mass is 9.79. The summed E-state index contributed by atoms with van der Waals surface area (Å²) in [6.45, 7) is 3.38. The maximum Gasteiger partial charge on any atom is 0.230 e. The monoisotopic (exact) mass is 358 g/mol. The molecule has 0 aliphatic carbocycles. The van der Waals surface area contributed by atoms with Gasteiger partial charge in [-0.3, -0.25) is 4.79 Å². The highest BCUT2D eigenvalue weighted by atomic mass is 32.2. The van der Waals surface area contributed by atoms with E-state index in [2.05, 4.69) is 41.0 Å². The van der Waals surface area contributed by atoms with E-state index >= 15 is 0 Å². The van der Waals surface area contributed by atoms with Gasteiger partial charge in [-0.05, 0) is 48.8 Å². The van der Waals surface area contributed by atoms with Crippen molar-refractivity contribution in [1.29, 1.82) is 0 Å². The number of benzene rings is 2. The molecular weight excluding hydrogens is 332 g/mol. The van der Waals surface area contributed by atoms with Crippen LogP contribution >= 0.6 is 11.8 Å². The summed E-state index contributed by atoms with van der Waals surface area (Å²) in [5.74, 6) is 0.534. The van der Waals surface area contributed by atoms with Gasteiger partial charge >= 0.3 is 0 Å². The smallest absolute Gasteiger partial charge is 0.230 e. The van der Waals surface area contributed by atoms with Crippen LogP contribution in [-0.2, 0) is 9.53 Å². The number of amides is 1. The first kappa shape index (κ1) is 18.2. The van der Waals surface area contributed by atoms with Crippen molar-refractivity contribution in [2.45, 2.75) is 17.7 Å². The van der Waals surface area contributed by atoms with Crippen molar-refractivity contribution < 1.29 is 9.53 Å². The fraction of sp³-hybridized carbons (Fsp3) is 0.450. The maximum atomic E-state index is 12.3. The third-order valence-electron chi connectivity index (χ3n) is 4.87. The molecule has 3 rings (SSSR count). The van der Waals surface area contributed by atoms with Crippen molar-refractivity contribution in [2.75, 3.05) is 39.1 Å². The molecule has 2 aromatic carbocycles. The second kappa shape index (κ2) is 8.70. The molecule has 5 heteroatoms. The lowest BCUT2D eigenvalue weighted by Gasteiger charge is -2.37. The van der Waals surface area contributed by atoms with Crippen LogP contribution in [0.25, 0.3) is 10.8 Å². The molecule has 1 heterocycles. The van der Waals surface area contributed by atoms with Gasteiger partial charge in [0, 0.05) is 24.0 Å². The summed E-state index contributed by atoms with van der Waals surface area (Å²) in [6.07, 6.45) is 2.08. The number of carbonyl (C=O) groups excluding carboxylic acids is 1. The number of hydrogen-bond donors (Lipinski definition) is 2. The van der Waals surface area contributed by atoms with Crippen molar-refractivity contribution in [3.63, 3.8) is 0 Å². The van der Waals surface area contributed by atoms with E-state index in [0.717, 1.165) is 30.8 Å². The van der Waals surface area contributed by atoms with E-state index in [0.29, 0.717) is 18.9 Å². The minimum atomic E-state index is 0.0727. The molecule has 0 spiro atoms. The van der Waals surface area contributed by atoms with Crippen molar-refractivity contribution in [3.05, 3.63) is 42.5 Å². The van der Waals surface area contributed by atoms with Gasteiger partial charge in [-0.1, -0.05) is 30.3 Å². The molecule has 0 unspecified atom stereocenters. The number of fused-ring (bicyclic) bond motifs is 1. The molecule has 0 bridgehead atoms. The number of rotatable bonds is 7. The first-order valence-corrected chi connectivity index (χ1v) is 9.77. The van der Waals surface area contributed by atoms with Crippen molar-refractivity contribution in [3.8, 4) is 0 Å². The van der Waals surface area contributed by atoms with Crippen molar-refractivity contribution >= 4 is 28.4 Å². The Morgan fingerprint density at radius 3 is 2.72 bits per heavy atom. The molecule has 4 nitrogen and oxygen atoms in total. The minimum absolute atomic E-state index is 0.0727. The van der Waals surface area contributed by atoms with Gasteiger partial charge in [0.2, 0.25) is 5.91 Å². The Morgan fingerprint density at radius 1 is 1.20 bits per heavy atom. The molecule has 1 aliphatic rings. The number of carbonyl (C=O) groups is 1. The summed E-state index contributed by atoms with van der Waals surface area (Å²) in [5, 5.41) is 8.93. The van der Waals surface area contributed by atoms with Gasteiger partial charge in [0.15, 0.2) is 0 Å². The third-order valence-corrected chi connectivity index (χ3v) is 5.86. The second-order valence-electron chi connectivity index (χ2n) is 6.76. The third kappa shape index (κ3) is 4.97. The largest absolute Gasteiger partial charge is 0.384 e. The van der Waals surface area contributed by atoms with E-state index in [9.17, 15) is 4.79 Å². The van der Waals surface area contributed by atoms with Crippen LogP contribution in [-0.4, -0.2) is 45.0 Å². The normalized spacial score (nSPS) is 16.7. The van der Waals surface area contributed by atoms with Crippen LogP contribution in [0.3, 0.4) is 0 Å². The van der Waals surface area contributed by atoms with Gasteiger partial charge in [-0.15, -0.1) is 11.8 Å². The first-order chi connectivity index (χ1) is 12.2. The van der Waals surface area contributed by atoms with Crippen LogP contribution in [0.2, 0.25) is 0 Å². The summed E-state index contributed by atoms with van der Waals surface area (Å²) < 4.78 is 5.40. The van der Waals surface area contributed by atoms with Crippen LogP contribution < -0.4 is 10.6 Å². The second-order valence-corrected chi connectivity index (χ2v) is 7.81. The summed E-state index contributed by atoms with van der Waals surface area (Å²) in [7, 11) is 1.74. The Morgan fingerprint density at radius 2 is 1.96 bits per heavy atom. The van der Waals surface area contributed by atoms with Gasteiger partial charge < -0.3 is 15.4 Å². The Hall–Kier alpha value is -1.56. The maximum absolute atomic E-state index is 12.3. The molecule has 1 aliphatic heterocycles. The number of nitrogens with one attached hydrogen (secondary N) is 2. The fourth-order valence-corrected chi connectivity index (χ4v) is 4.15. The average molecular weight is 359 g/mol. The molecule has 1 saturated heterocycles. The highest BCUT2D eigenvalue weighted by Crippen LogP contribution is 2.28. The Bertz CT molecular complexity index is 708. The summed E-state index contributed by atoms with van der Waals surface area (Å²) >= 11 is 1.59. The predicted octanol–water partition coefficient (Wildman–Crippen LogP) is 3.06. The molecule has 0 atom stereocenters. The SMILES string of the molecule is COCC1(CNC(=O)CSc2ccc3ccccc3c2)CCNCC1. The quantitative estimate of drug-likeness (QED) is 0.747.